The maximum Gasteiger partial charge on any atom is 0.280 e. The van der Waals surface area contributed by atoms with Crippen LogP contribution >= 0.6 is 11.8 Å². The summed E-state index contributed by atoms with van der Waals surface area (Å²) in [6.45, 7) is 3.88. The lowest BCUT2D eigenvalue weighted by Crippen LogP contribution is -2.19. The Labute approximate surface area is 183 Å². The summed E-state index contributed by atoms with van der Waals surface area (Å²) in [4.78, 5) is 28.2. The molecule has 8 heteroatoms. The first kappa shape index (κ1) is 20.6. The zero-order valence-electron chi connectivity index (χ0n) is 16.9. The standard InChI is InChI=1S/C23H19N3O4S/c1-3-15-5-7-16(8-6-15)24-23-25-22(27)21(31-23)13-17-9-11-20(30-17)18-10-4-14(2)12-19(18)26(28)29/h4-13H,3H2,1-2H3,(H,24,25,27)/b21-13+. The number of aliphatic imine (C=N–C) groups is 1. The first-order chi connectivity index (χ1) is 14.9. The lowest BCUT2D eigenvalue weighted by Gasteiger charge is -2.01. The molecule has 1 fully saturated rings. The van der Waals surface area contributed by atoms with Crippen molar-refractivity contribution in [1.29, 1.82) is 0 Å². The third kappa shape index (κ3) is 4.59. The predicted molar refractivity (Wildman–Crippen MR) is 122 cm³/mol. The quantitative estimate of drug-likeness (QED) is 0.320. The molecule has 0 bridgehead atoms. The van der Waals surface area contributed by atoms with Crippen LogP contribution in [-0.2, 0) is 11.2 Å². The molecular formula is C23H19N3O4S. The molecule has 1 saturated heterocycles. The van der Waals surface area contributed by atoms with E-state index in [9.17, 15) is 14.9 Å². The van der Waals surface area contributed by atoms with Gasteiger partial charge in [0.2, 0.25) is 0 Å². The first-order valence-corrected chi connectivity index (χ1v) is 10.5. The number of rotatable bonds is 5. The molecule has 1 aromatic heterocycles. The van der Waals surface area contributed by atoms with Gasteiger partial charge < -0.3 is 9.73 Å². The average Bonchev–Trinajstić information content (AvgIpc) is 3.35. The first-order valence-electron chi connectivity index (χ1n) is 9.66. The van der Waals surface area contributed by atoms with Crippen molar-refractivity contribution in [2.75, 3.05) is 0 Å². The van der Waals surface area contributed by atoms with Crippen LogP contribution in [0.3, 0.4) is 0 Å². The maximum absolute atomic E-state index is 12.3. The number of hydrogen-bond donors (Lipinski definition) is 1. The second kappa shape index (κ2) is 8.61. The van der Waals surface area contributed by atoms with Gasteiger partial charge in [-0.1, -0.05) is 25.1 Å². The number of amidine groups is 1. The lowest BCUT2D eigenvalue weighted by molar-refractivity contribution is -0.384. The molecule has 31 heavy (non-hydrogen) atoms. The number of furan rings is 1. The van der Waals surface area contributed by atoms with Crippen LogP contribution in [0.15, 0.2) is 68.9 Å². The van der Waals surface area contributed by atoms with Crippen molar-refractivity contribution in [3.05, 3.63) is 86.5 Å². The van der Waals surface area contributed by atoms with Gasteiger partial charge in [0.15, 0.2) is 5.17 Å². The zero-order chi connectivity index (χ0) is 22.0. The molecule has 3 aromatic rings. The van der Waals surface area contributed by atoms with Crippen LogP contribution < -0.4 is 5.32 Å². The highest BCUT2D eigenvalue weighted by Gasteiger charge is 2.25. The summed E-state index contributed by atoms with van der Waals surface area (Å²) < 4.78 is 5.78. The second-order valence-electron chi connectivity index (χ2n) is 6.98. The van der Waals surface area contributed by atoms with E-state index in [2.05, 4.69) is 17.2 Å². The highest BCUT2D eigenvalue weighted by Crippen LogP contribution is 2.34. The van der Waals surface area contributed by atoms with Gasteiger partial charge in [-0.25, -0.2) is 4.99 Å². The number of carbonyl (C=O) groups excluding carboxylic acids is 1. The normalized spacial score (nSPS) is 16.1. The Kier molecular flexibility index (Phi) is 5.73. The molecule has 0 unspecified atom stereocenters. The van der Waals surface area contributed by atoms with Crippen LogP contribution in [0.1, 0.15) is 23.8 Å². The van der Waals surface area contributed by atoms with E-state index < -0.39 is 4.92 Å². The van der Waals surface area contributed by atoms with Crippen LogP contribution in [-0.4, -0.2) is 16.0 Å². The number of nitrogens with zero attached hydrogens (tertiary/aromatic N) is 2. The van der Waals surface area contributed by atoms with Gasteiger partial charge in [0.1, 0.15) is 11.5 Å². The maximum atomic E-state index is 12.3. The van der Waals surface area contributed by atoms with E-state index in [4.69, 9.17) is 4.42 Å². The molecule has 7 nitrogen and oxygen atoms in total. The molecule has 0 radical (unpaired) electrons. The summed E-state index contributed by atoms with van der Waals surface area (Å²) in [7, 11) is 0. The van der Waals surface area contributed by atoms with Gasteiger partial charge in [-0.3, -0.25) is 14.9 Å². The molecule has 1 aliphatic rings. The smallest absolute Gasteiger partial charge is 0.280 e. The molecule has 1 N–H and O–H groups in total. The van der Waals surface area contributed by atoms with Crippen molar-refractivity contribution < 1.29 is 14.1 Å². The fraction of sp³-hybridized carbons (Fsp3) is 0.130. The van der Waals surface area contributed by atoms with E-state index >= 15 is 0 Å². The van der Waals surface area contributed by atoms with Crippen LogP contribution in [0.4, 0.5) is 11.4 Å². The van der Waals surface area contributed by atoms with Gasteiger partial charge in [0.05, 0.1) is 21.1 Å². The van der Waals surface area contributed by atoms with Gasteiger partial charge in [-0.05, 0) is 66.6 Å². The second-order valence-corrected chi connectivity index (χ2v) is 8.01. The zero-order valence-corrected chi connectivity index (χ0v) is 17.7. The minimum absolute atomic E-state index is 0.0231. The van der Waals surface area contributed by atoms with Crippen molar-refractivity contribution in [3.63, 3.8) is 0 Å². The molecule has 0 atom stereocenters. The number of nitro groups is 1. The molecule has 0 aliphatic carbocycles. The Morgan fingerprint density at radius 2 is 1.94 bits per heavy atom. The molecule has 0 spiro atoms. The molecule has 1 amide bonds. The number of thioether (sulfide) groups is 1. The topological polar surface area (TPSA) is 97.7 Å². The van der Waals surface area contributed by atoms with Gasteiger partial charge in [-0.2, -0.15) is 0 Å². The number of benzene rings is 2. The summed E-state index contributed by atoms with van der Waals surface area (Å²) in [5.41, 5.74) is 3.13. The van der Waals surface area contributed by atoms with E-state index in [0.717, 1.165) is 17.7 Å². The lowest BCUT2D eigenvalue weighted by atomic mass is 10.1. The SMILES string of the molecule is CCc1ccc(N=C2NC(=O)/C(=C\c3ccc(-c4ccc(C)cc4[N+](=O)[O-])o3)S2)cc1. The molecule has 0 saturated carbocycles. The summed E-state index contributed by atoms with van der Waals surface area (Å²) in [5.74, 6) is 0.524. The van der Waals surface area contributed by atoms with Crippen molar-refractivity contribution >= 4 is 40.3 Å². The fourth-order valence-corrected chi connectivity index (χ4v) is 3.93. The van der Waals surface area contributed by atoms with Crippen molar-refractivity contribution in [1.82, 2.24) is 5.32 Å². The van der Waals surface area contributed by atoms with Crippen molar-refractivity contribution in [2.24, 2.45) is 4.99 Å². The number of nitro benzene ring substituents is 1. The van der Waals surface area contributed by atoms with Crippen molar-refractivity contribution in [3.8, 4) is 11.3 Å². The predicted octanol–water partition coefficient (Wildman–Crippen LogP) is 5.62. The fourth-order valence-electron chi connectivity index (χ4n) is 3.11. The number of amides is 1. The largest absolute Gasteiger partial charge is 0.456 e. The Hall–Kier alpha value is -3.65. The Balaban J connectivity index is 1.56. The monoisotopic (exact) mass is 433 g/mol. The third-order valence-electron chi connectivity index (χ3n) is 4.74. The van der Waals surface area contributed by atoms with Crippen LogP contribution in [0.25, 0.3) is 17.4 Å². The minimum atomic E-state index is -0.432. The van der Waals surface area contributed by atoms with E-state index in [1.54, 1.807) is 37.3 Å². The Morgan fingerprint density at radius 1 is 1.16 bits per heavy atom. The number of aryl methyl sites for hydroxylation is 2. The number of nitrogens with one attached hydrogen (secondary N) is 1. The summed E-state index contributed by atoms with van der Waals surface area (Å²) in [6, 6.07) is 16.1. The molecule has 2 heterocycles. The average molecular weight is 433 g/mol. The Bertz CT molecular complexity index is 1230. The van der Waals surface area contributed by atoms with Gasteiger partial charge in [-0.15, -0.1) is 0 Å². The van der Waals surface area contributed by atoms with Crippen molar-refractivity contribution in [2.45, 2.75) is 20.3 Å². The van der Waals surface area contributed by atoms with Gasteiger partial charge >= 0.3 is 0 Å². The molecule has 4 rings (SSSR count). The van der Waals surface area contributed by atoms with Gasteiger partial charge in [0.25, 0.3) is 11.6 Å². The Morgan fingerprint density at radius 3 is 2.65 bits per heavy atom. The van der Waals surface area contributed by atoms with E-state index in [-0.39, 0.29) is 11.6 Å². The number of carbonyl (C=O) groups is 1. The number of hydrogen-bond acceptors (Lipinski definition) is 6. The molecule has 1 aliphatic heterocycles. The highest BCUT2D eigenvalue weighted by molar-refractivity contribution is 8.18. The van der Waals surface area contributed by atoms with Gasteiger partial charge in [0, 0.05) is 12.1 Å². The van der Waals surface area contributed by atoms with E-state index in [1.807, 2.05) is 24.3 Å². The minimum Gasteiger partial charge on any atom is -0.456 e. The molecule has 156 valence electrons. The van der Waals surface area contributed by atoms with E-state index in [1.165, 1.54) is 23.4 Å². The van der Waals surface area contributed by atoms with Crippen LogP contribution in [0.2, 0.25) is 0 Å². The summed E-state index contributed by atoms with van der Waals surface area (Å²) in [6.07, 6.45) is 2.55. The third-order valence-corrected chi connectivity index (χ3v) is 5.65. The summed E-state index contributed by atoms with van der Waals surface area (Å²) in [5, 5.41) is 14.6. The van der Waals surface area contributed by atoms with Crippen LogP contribution in [0.5, 0.6) is 0 Å². The van der Waals surface area contributed by atoms with Crippen LogP contribution in [0, 0.1) is 17.0 Å². The highest BCUT2D eigenvalue weighted by atomic mass is 32.2. The van der Waals surface area contributed by atoms with E-state index in [0.29, 0.717) is 27.2 Å². The molecular weight excluding hydrogens is 414 g/mol. The summed E-state index contributed by atoms with van der Waals surface area (Å²) >= 11 is 1.22. The molecule has 2 aromatic carbocycles.